The summed E-state index contributed by atoms with van der Waals surface area (Å²) in [6.07, 6.45) is -0.544. The van der Waals surface area contributed by atoms with Crippen LogP contribution in [0.15, 0.2) is 30.3 Å². The smallest absolute Gasteiger partial charge is 0.419 e. The van der Waals surface area contributed by atoms with Gasteiger partial charge in [0, 0.05) is 0 Å². The summed E-state index contributed by atoms with van der Waals surface area (Å²) in [4.78, 5) is 9.80. The van der Waals surface area contributed by atoms with E-state index >= 15 is 0 Å². The SMILES string of the molecule is CC(O[C]=O)OCc1ccccc1. The van der Waals surface area contributed by atoms with Crippen LogP contribution in [0.1, 0.15) is 12.5 Å². The number of benzene rings is 1. The van der Waals surface area contributed by atoms with Crippen LogP contribution in [0.4, 0.5) is 0 Å². The lowest BCUT2D eigenvalue weighted by molar-refractivity contribution is -0.0847. The predicted molar refractivity (Wildman–Crippen MR) is 47.5 cm³/mol. The van der Waals surface area contributed by atoms with Gasteiger partial charge < -0.3 is 9.47 Å². The summed E-state index contributed by atoms with van der Waals surface area (Å²) in [7, 11) is 0. The third kappa shape index (κ3) is 3.71. The average molecular weight is 179 g/mol. The van der Waals surface area contributed by atoms with Crippen LogP contribution in [0.5, 0.6) is 0 Å². The molecular formula is C10H11O3. The van der Waals surface area contributed by atoms with Gasteiger partial charge >= 0.3 is 6.47 Å². The van der Waals surface area contributed by atoms with Crippen molar-refractivity contribution in [1.82, 2.24) is 0 Å². The molecule has 0 fully saturated rings. The number of rotatable bonds is 5. The number of hydrogen-bond acceptors (Lipinski definition) is 3. The van der Waals surface area contributed by atoms with Crippen molar-refractivity contribution in [3.8, 4) is 0 Å². The summed E-state index contributed by atoms with van der Waals surface area (Å²) in [5, 5.41) is 0. The van der Waals surface area contributed by atoms with Crippen molar-refractivity contribution in [3.05, 3.63) is 35.9 Å². The summed E-state index contributed by atoms with van der Waals surface area (Å²) in [5.74, 6) is 0. The quantitative estimate of drug-likeness (QED) is 0.644. The van der Waals surface area contributed by atoms with E-state index < -0.39 is 6.29 Å². The van der Waals surface area contributed by atoms with Crippen molar-refractivity contribution in [2.24, 2.45) is 0 Å². The molecule has 0 aliphatic heterocycles. The predicted octanol–water partition coefficient (Wildman–Crippen LogP) is 1.63. The molecule has 0 bridgehead atoms. The zero-order valence-corrected chi connectivity index (χ0v) is 7.40. The molecule has 0 spiro atoms. The van der Waals surface area contributed by atoms with Crippen LogP contribution >= 0.6 is 0 Å². The Bertz CT molecular complexity index is 246. The van der Waals surface area contributed by atoms with Crippen molar-refractivity contribution in [2.45, 2.75) is 19.8 Å². The standard InChI is InChI=1S/C10H11O3/c1-9(13-8-11)12-7-10-5-3-2-4-6-10/h2-6,9H,7H2,1H3. The van der Waals surface area contributed by atoms with Crippen LogP contribution in [0, 0.1) is 0 Å². The molecule has 1 unspecified atom stereocenters. The monoisotopic (exact) mass is 179 g/mol. The summed E-state index contributed by atoms with van der Waals surface area (Å²) < 4.78 is 9.62. The fourth-order valence-corrected chi connectivity index (χ4v) is 0.890. The molecule has 1 aromatic rings. The Labute approximate surface area is 77.3 Å². The molecule has 0 aromatic heterocycles. The molecule has 0 aliphatic rings. The molecule has 1 aromatic carbocycles. The highest BCUT2D eigenvalue weighted by atomic mass is 16.7. The highest BCUT2D eigenvalue weighted by molar-refractivity contribution is 5.38. The number of ether oxygens (including phenoxy) is 2. The van der Waals surface area contributed by atoms with E-state index in [-0.39, 0.29) is 0 Å². The van der Waals surface area contributed by atoms with E-state index in [0.717, 1.165) is 5.56 Å². The normalized spacial score (nSPS) is 12.1. The first-order chi connectivity index (χ1) is 6.33. The van der Waals surface area contributed by atoms with Gasteiger partial charge in [0.05, 0.1) is 6.61 Å². The van der Waals surface area contributed by atoms with Gasteiger partial charge in [-0.1, -0.05) is 30.3 Å². The Morgan fingerprint density at radius 1 is 1.38 bits per heavy atom. The second kappa shape index (κ2) is 5.32. The van der Waals surface area contributed by atoms with E-state index in [1.54, 1.807) is 6.92 Å². The molecule has 0 saturated heterocycles. The third-order valence-corrected chi connectivity index (χ3v) is 1.54. The first kappa shape index (κ1) is 9.74. The first-order valence-electron chi connectivity index (χ1n) is 4.01. The van der Waals surface area contributed by atoms with E-state index in [1.165, 1.54) is 6.47 Å². The van der Waals surface area contributed by atoms with Gasteiger partial charge in [0.15, 0.2) is 0 Å². The lowest BCUT2D eigenvalue weighted by atomic mass is 10.2. The van der Waals surface area contributed by atoms with Gasteiger partial charge in [0.25, 0.3) is 0 Å². The molecule has 69 valence electrons. The van der Waals surface area contributed by atoms with Gasteiger partial charge in [-0.3, -0.25) is 0 Å². The Kier molecular flexibility index (Phi) is 3.99. The van der Waals surface area contributed by atoms with E-state index in [4.69, 9.17) is 4.74 Å². The molecular weight excluding hydrogens is 168 g/mol. The minimum Gasteiger partial charge on any atom is -0.428 e. The van der Waals surface area contributed by atoms with Crippen LogP contribution in [0.25, 0.3) is 0 Å². The third-order valence-electron chi connectivity index (χ3n) is 1.54. The molecule has 1 radical (unpaired) electrons. The second-order valence-electron chi connectivity index (χ2n) is 2.57. The molecule has 13 heavy (non-hydrogen) atoms. The Morgan fingerprint density at radius 3 is 2.69 bits per heavy atom. The van der Waals surface area contributed by atoms with Crippen LogP contribution in [0.3, 0.4) is 0 Å². The van der Waals surface area contributed by atoms with Crippen molar-refractivity contribution in [1.29, 1.82) is 0 Å². The molecule has 3 nitrogen and oxygen atoms in total. The van der Waals surface area contributed by atoms with Crippen molar-refractivity contribution in [3.63, 3.8) is 0 Å². The maximum Gasteiger partial charge on any atom is 0.419 e. The Balaban J connectivity index is 2.30. The Morgan fingerprint density at radius 2 is 2.08 bits per heavy atom. The van der Waals surface area contributed by atoms with Gasteiger partial charge in [-0.15, -0.1) is 0 Å². The molecule has 0 N–H and O–H groups in total. The van der Waals surface area contributed by atoms with Gasteiger partial charge in [0.1, 0.15) is 0 Å². The van der Waals surface area contributed by atoms with Crippen molar-refractivity contribution >= 4 is 6.47 Å². The van der Waals surface area contributed by atoms with E-state index in [9.17, 15) is 4.79 Å². The van der Waals surface area contributed by atoms with Gasteiger partial charge in [-0.25, -0.2) is 4.79 Å². The Hall–Kier alpha value is -1.35. The first-order valence-corrected chi connectivity index (χ1v) is 4.01. The van der Waals surface area contributed by atoms with E-state index in [0.29, 0.717) is 6.61 Å². The summed E-state index contributed by atoms with van der Waals surface area (Å²) >= 11 is 0. The van der Waals surface area contributed by atoms with E-state index in [1.807, 2.05) is 30.3 Å². The molecule has 1 atom stereocenters. The molecule has 0 amide bonds. The molecule has 0 saturated carbocycles. The zero-order chi connectivity index (χ0) is 9.52. The molecule has 0 aliphatic carbocycles. The largest absolute Gasteiger partial charge is 0.428 e. The van der Waals surface area contributed by atoms with Crippen LogP contribution in [-0.4, -0.2) is 12.8 Å². The van der Waals surface area contributed by atoms with Crippen LogP contribution in [0.2, 0.25) is 0 Å². The maximum absolute atomic E-state index is 9.80. The highest BCUT2D eigenvalue weighted by Crippen LogP contribution is 2.02. The summed E-state index contributed by atoms with van der Waals surface area (Å²) in [6, 6.07) is 9.67. The zero-order valence-electron chi connectivity index (χ0n) is 7.40. The van der Waals surface area contributed by atoms with Crippen LogP contribution < -0.4 is 0 Å². The topological polar surface area (TPSA) is 35.5 Å². The lowest BCUT2D eigenvalue weighted by Crippen LogP contribution is -2.11. The fraction of sp³-hybridized carbons (Fsp3) is 0.300. The lowest BCUT2D eigenvalue weighted by Gasteiger charge is -2.09. The van der Waals surface area contributed by atoms with Gasteiger partial charge in [-0.05, 0) is 12.5 Å². The fourth-order valence-electron chi connectivity index (χ4n) is 0.890. The highest BCUT2D eigenvalue weighted by Gasteiger charge is 2.01. The molecule has 1 rings (SSSR count). The number of hydrogen-bond donors (Lipinski definition) is 0. The molecule has 3 heteroatoms. The second-order valence-corrected chi connectivity index (χ2v) is 2.57. The van der Waals surface area contributed by atoms with Gasteiger partial charge in [-0.2, -0.15) is 0 Å². The maximum atomic E-state index is 9.80. The summed E-state index contributed by atoms with van der Waals surface area (Å²) in [6.45, 7) is 3.41. The van der Waals surface area contributed by atoms with E-state index in [2.05, 4.69) is 4.74 Å². The van der Waals surface area contributed by atoms with Crippen molar-refractivity contribution in [2.75, 3.05) is 0 Å². The minimum atomic E-state index is -0.544. The molecule has 0 heterocycles. The minimum absolute atomic E-state index is 0.434. The van der Waals surface area contributed by atoms with Crippen LogP contribution in [-0.2, 0) is 20.9 Å². The number of carbonyl (C=O) groups excluding carboxylic acids is 1. The average Bonchev–Trinajstić information content (AvgIpc) is 2.17. The van der Waals surface area contributed by atoms with Crippen molar-refractivity contribution < 1.29 is 14.3 Å². The van der Waals surface area contributed by atoms with Gasteiger partial charge in [0.2, 0.25) is 6.29 Å². The summed E-state index contributed by atoms with van der Waals surface area (Å²) in [5.41, 5.74) is 1.05.